The molecule has 1 aliphatic rings. The van der Waals surface area contributed by atoms with Gasteiger partial charge in [-0.05, 0) is 37.5 Å². The maximum atomic E-state index is 13.1. The molecule has 3 rings (SSSR count). The van der Waals surface area contributed by atoms with Crippen molar-refractivity contribution in [1.29, 1.82) is 0 Å². The van der Waals surface area contributed by atoms with Crippen LogP contribution in [0.25, 0.3) is 0 Å². The second-order valence-electron chi connectivity index (χ2n) is 7.58. The van der Waals surface area contributed by atoms with Gasteiger partial charge in [0.25, 0.3) is 0 Å². The predicted molar refractivity (Wildman–Crippen MR) is 119 cm³/mol. The molecule has 0 heterocycles. The van der Waals surface area contributed by atoms with E-state index in [1.807, 2.05) is 55.5 Å². The van der Waals surface area contributed by atoms with Crippen molar-refractivity contribution in [1.82, 2.24) is 10.2 Å². The number of carbonyl (C=O) groups is 2. The molecule has 1 saturated carbocycles. The van der Waals surface area contributed by atoms with Crippen molar-refractivity contribution in [3.05, 3.63) is 66.2 Å². The smallest absolute Gasteiger partial charge is 0.242 e. The lowest BCUT2D eigenvalue weighted by Gasteiger charge is -2.29. The van der Waals surface area contributed by atoms with Gasteiger partial charge in [-0.25, -0.2) is 0 Å². The van der Waals surface area contributed by atoms with E-state index >= 15 is 0 Å². The van der Waals surface area contributed by atoms with Crippen LogP contribution in [-0.2, 0) is 16.1 Å². The second-order valence-corrected chi connectivity index (χ2v) is 8.75. The van der Waals surface area contributed by atoms with Crippen LogP contribution in [0.4, 0.5) is 0 Å². The van der Waals surface area contributed by atoms with Crippen molar-refractivity contribution in [3.8, 4) is 0 Å². The molecule has 1 aliphatic carbocycles. The van der Waals surface area contributed by atoms with Crippen LogP contribution >= 0.6 is 11.8 Å². The summed E-state index contributed by atoms with van der Waals surface area (Å²) in [6.07, 6.45) is 4.83. The Kier molecular flexibility index (Phi) is 8.17. The Morgan fingerprint density at radius 3 is 2.31 bits per heavy atom. The molecule has 0 saturated heterocycles. The lowest BCUT2D eigenvalue weighted by atomic mass is 10.1. The molecule has 1 fully saturated rings. The summed E-state index contributed by atoms with van der Waals surface area (Å²) in [5, 5.41) is 3.14. The zero-order valence-corrected chi connectivity index (χ0v) is 17.9. The Balaban J connectivity index is 1.62. The van der Waals surface area contributed by atoms with Gasteiger partial charge in [-0.1, -0.05) is 61.4 Å². The third-order valence-corrected chi connectivity index (χ3v) is 6.41. The average Bonchev–Trinajstić information content (AvgIpc) is 3.26. The molecule has 2 aromatic rings. The molecule has 1 unspecified atom stereocenters. The molecule has 2 aromatic carbocycles. The zero-order valence-electron chi connectivity index (χ0n) is 17.0. The fourth-order valence-electron chi connectivity index (χ4n) is 3.67. The lowest BCUT2D eigenvalue weighted by Crippen LogP contribution is -2.49. The summed E-state index contributed by atoms with van der Waals surface area (Å²) in [5.41, 5.74) is 1.04. The van der Waals surface area contributed by atoms with E-state index in [0.717, 1.165) is 23.3 Å². The zero-order chi connectivity index (χ0) is 20.5. The van der Waals surface area contributed by atoms with Gasteiger partial charge in [0, 0.05) is 29.7 Å². The summed E-state index contributed by atoms with van der Waals surface area (Å²) in [6.45, 7) is 2.30. The highest BCUT2D eigenvalue weighted by molar-refractivity contribution is 7.99. The quantitative estimate of drug-likeness (QED) is 0.613. The molecule has 29 heavy (non-hydrogen) atoms. The van der Waals surface area contributed by atoms with Gasteiger partial charge in [0.2, 0.25) is 11.8 Å². The van der Waals surface area contributed by atoms with Gasteiger partial charge in [0.1, 0.15) is 6.04 Å². The number of hydrogen-bond acceptors (Lipinski definition) is 3. The number of thioether (sulfide) groups is 1. The molecule has 1 N–H and O–H groups in total. The van der Waals surface area contributed by atoms with E-state index in [2.05, 4.69) is 17.4 Å². The summed E-state index contributed by atoms with van der Waals surface area (Å²) in [5.74, 6) is 0.675. The van der Waals surface area contributed by atoms with E-state index in [-0.39, 0.29) is 17.9 Å². The molecule has 5 heteroatoms. The molecule has 0 bridgehead atoms. The highest BCUT2D eigenvalue weighted by Crippen LogP contribution is 2.20. The van der Waals surface area contributed by atoms with E-state index in [1.165, 1.54) is 12.8 Å². The molecule has 1 atom stereocenters. The minimum absolute atomic E-state index is 0.0198. The molecule has 0 aliphatic heterocycles. The van der Waals surface area contributed by atoms with Crippen LogP contribution < -0.4 is 5.32 Å². The number of rotatable bonds is 9. The fraction of sp³-hybridized carbons (Fsp3) is 0.417. The number of nitrogens with one attached hydrogen (secondary N) is 1. The van der Waals surface area contributed by atoms with Gasteiger partial charge < -0.3 is 10.2 Å². The molecule has 4 nitrogen and oxygen atoms in total. The predicted octanol–water partition coefficient (Wildman–Crippen LogP) is 4.64. The maximum Gasteiger partial charge on any atom is 0.242 e. The average molecular weight is 411 g/mol. The monoisotopic (exact) mass is 410 g/mol. The normalized spacial score (nSPS) is 15.1. The van der Waals surface area contributed by atoms with Crippen LogP contribution in [0.2, 0.25) is 0 Å². The summed E-state index contributed by atoms with van der Waals surface area (Å²) >= 11 is 1.67. The first-order valence-electron chi connectivity index (χ1n) is 10.4. The van der Waals surface area contributed by atoms with Crippen molar-refractivity contribution in [2.24, 2.45) is 0 Å². The Hall–Kier alpha value is -2.27. The van der Waals surface area contributed by atoms with E-state index < -0.39 is 6.04 Å². The highest BCUT2D eigenvalue weighted by atomic mass is 32.2. The number of carbonyl (C=O) groups excluding carboxylic acids is 2. The van der Waals surface area contributed by atoms with E-state index in [0.29, 0.717) is 18.7 Å². The van der Waals surface area contributed by atoms with Gasteiger partial charge in [0.05, 0.1) is 0 Å². The Morgan fingerprint density at radius 1 is 1.03 bits per heavy atom. The molecule has 0 radical (unpaired) electrons. The number of nitrogens with zero attached hydrogens (tertiary/aromatic N) is 1. The fourth-order valence-corrected chi connectivity index (χ4v) is 4.53. The number of hydrogen-bond donors (Lipinski definition) is 1. The van der Waals surface area contributed by atoms with Crippen molar-refractivity contribution in [2.45, 2.75) is 62.6 Å². The standard InChI is InChI=1S/C24H30N2O2S/c1-19(24(28)25-21-12-8-9-13-21)26(18-20-10-4-2-5-11-20)23(27)16-17-29-22-14-6-3-7-15-22/h2-7,10-11,14-15,19,21H,8-9,12-13,16-18H2,1H3,(H,25,28). The molecule has 0 spiro atoms. The topological polar surface area (TPSA) is 49.4 Å². The maximum absolute atomic E-state index is 13.1. The van der Waals surface area contributed by atoms with E-state index in [1.54, 1.807) is 16.7 Å². The van der Waals surface area contributed by atoms with Crippen LogP contribution in [0.15, 0.2) is 65.6 Å². The van der Waals surface area contributed by atoms with Crippen LogP contribution in [0, 0.1) is 0 Å². The summed E-state index contributed by atoms with van der Waals surface area (Å²) in [6, 6.07) is 19.8. The van der Waals surface area contributed by atoms with Crippen molar-refractivity contribution in [3.63, 3.8) is 0 Å². The van der Waals surface area contributed by atoms with Crippen LogP contribution in [-0.4, -0.2) is 34.6 Å². The molecular weight excluding hydrogens is 380 g/mol. The summed E-state index contributed by atoms with van der Waals surface area (Å²) in [7, 11) is 0. The minimum Gasteiger partial charge on any atom is -0.352 e. The van der Waals surface area contributed by atoms with E-state index in [9.17, 15) is 9.59 Å². The molecule has 0 aromatic heterocycles. The van der Waals surface area contributed by atoms with Gasteiger partial charge in [-0.2, -0.15) is 0 Å². The van der Waals surface area contributed by atoms with Crippen LogP contribution in [0.3, 0.4) is 0 Å². The molecule has 154 valence electrons. The van der Waals surface area contributed by atoms with Crippen LogP contribution in [0.5, 0.6) is 0 Å². The third-order valence-electron chi connectivity index (χ3n) is 5.39. The highest BCUT2D eigenvalue weighted by Gasteiger charge is 2.28. The Bertz CT molecular complexity index is 776. The van der Waals surface area contributed by atoms with E-state index in [4.69, 9.17) is 0 Å². The minimum atomic E-state index is -0.481. The molecular formula is C24H30N2O2S. The van der Waals surface area contributed by atoms with Crippen molar-refractivity contribution >= 4 is 23.6 Å². The summed E-state index contributed by atoms with van der Waals surface area (Å²) in [4.78, 5) is 28.8. The van der Waals surface area contributed by atoms with Crippen molar-refractivity contribution in [2.75, 3.05) is 5.75 Å². The third kappa shape index (κ3) is 6.64. The lowest BCUT2D eigenvalue weighted by molar-refractivity contribution is -0.140. The Morgan fingerprint density at radius 2 is 1.66 bits per heavy atom. The molecule has 2 amide bonds. The number of amides is 2. The Labute approximate surface area is 178 Å². The van der Waals surface area contributed by atoms with Gasteiger partial charge in [-0.3, -0.25) is 9.59 Å². The SMILES string of the molecule is CC(C(=O)NC1CCCC1)N(Cc1ccccc1)C(=O)CCSc1ccccc1. The number of benzene rings is 2. The van der Waals surface area contributed by atoms with Gasteiger partial charge in [-0.15, -0.1) is 11.8 Å². The van der Waals surface area contributed by atoms with Gasteiger partial charge >= 0.3 is 0 Å². The van der Waals surface area contributed by atoms with Gasteiger partial charge in [0.15, 0.2) is 0 Å². The first-order valence-corrected chi connectivity index (χ1v) is 11.4. The first-order chi connectivity index (χ1) is 14.1. The van der Waals surface area contributed by atoms with Crippen LogP contribution in [0.1, 0.15) is 44.6 Å². The largest absolute Gasteiger partial charge is 0.352 e. The van der Waals surface area contributed by atoms with Crippen molar-refractivity contribution < 1.29 is 9.59 Å². The summed E-state index contributed by atoms with van der Waals surface area (Å²) < 4.78 is 0. The first kappa shape index (κ1) is 21.4. The second kappa shape index (κ2) is 11.1.